The molecule has 0 aromatic heterocycles. The van der Waals surface area contributed by atoms with Crippen molar-refractivity contribution in [1.82, 2.24) is 4.90 Å². The van der Waals surface area contributed by atoms with Gasteiger partial charge in [-0.2, -0.15) is 0 Å². The first-order chi connectivity index (χ1) is 7.52. The van der Waals surface area contributed by atoms with E-state index >= 15 is 0 Å². The fraction of sp³-hybridized carbons (Fsp3) is 1.00. The Labute approximate surface area is 102 Å². The smallest absolute Gasteiger partial charge is 0.0326 e. The third-order valence-corrected chi connectivity index (χ3v) is 4.86. The summed E-state index contributed by atoms with van der Waals surface area (Å²) in [5.74, 6) is 0.731. The first kappa shape index (κ1) is 14.0. The van der Waals surface area contributed by atoms with Crippen molar-refractivity contribution < 1.29 is 0 Å². The maximum absolute atomic E-state index is 6.57. The van der Waals surface area contributed by atoms with Gasteiger partial charge in [0.05, 0.1) is 0 Å². The zero-order valence-corrected chi connectivity index (χ0v) is 11.6. The van der Waals surface area contributed by atoms with Crippen LogP contribution in [0.3, 0.4) is 0 Å². The van der Waals surface area contributed by atoms with Crippen molar-refractivity contribution in [1.29, 1.82) is 0 Å². The highest BCUT2D eigenvalue weighted by molar-refractivity contribution is 4.96. The van der Waals surface area contributed by atoms with Gasteiger partial charge >= 0.3 is 0 Å². The molecule has 2 nitrogen and oxygen atoms in total. The molecule has 2 unspecified atom stereocenters. The minimum Gasteiger partial charge on any atom is -0.326 e. The SMILES string of the molecule is CCC(C)(C(N)C1CCCCCC1)N(C)C. The Bertz CT molecular complexity index is 195. The second-order valence-corrected chi connectivity index (χ2v) is 5.88. The molecule has 2 heteroatoms. The number of nitrogens with two attached hydrogens (primary N) is 1. The van der Waals surface area contributed by atoms with Crippen LogP contribution < -0.4 is 5.73 Å². The Hall–Kier alpha value is -0.0800. The minimum atomic E-state index is 0.162. The van der Waals surface area contributed by atoms with Gasteiger partial charge in [0, 0.05) is 11.6 Å². The molecular weight excluding hydrogens is 196 g/mol. The second kappa shape index (κ2) is 6.02. The first-order valence-electron chi connectivity index (χ1n) is 6.95. The fourth-order valence-electron chi connectivity index (χ4n) is 3.03. The van der Waals surface area contributed by atoms with E-state index in [0.29, 0.717) is 6.04 Å². The molecule has 1 aliphatic rings. The quantitative estimate of drug-likeness (QED) is 0.747. The van der Waals surface area contributed by atoms with Gasteiger partial charge in [0.25, 0.3) is 0 Å². The lowest BCUT2D eigenvalue weighted by Gasteiger charge is -2.44. The summed E-state index contributed by atoms with van der Waals surface area (Å²) in [7, 11) is 4.33. The highest BCUT2D eigenvalue weighted by Crippen LogP contribution is 2.32. The van der Waals surface area contributed by atoms with E-state index in [4.69, 9.17) is 5.73 Å². The molecule has 0 radical (unpaired) electrons. The first-order valence-corrected chi connectivity index (χ1v) is 6.95. The second-order valence-electron chi connectivity index (χ2n) is 5.88. The number of likely N-dealkylation sites (N-methyl/N-ethyl adjacent to an activating group) is 1. The number of hydrogen-bond donors (Lipinski definition) is 1. The molecule has 0 saturated heterocycles. The predicted octanol–water partition coefficient (Wildman–Crippen LogP) is 3.01. The Morgan fingerprint density at radius 3 is 2.06 bits per heavy atom. The van der Waals surface area contributed by atoms with Gasteiger partial charge in [-0.05, 0) is 46.2 Å². The van der Waals surface area contributed by atoms with Gasteiger partial charge in [-0.3, -0.25) is 0 Å². The highest BCUT2D eigenvalue weighted by Gasteiger charge is 2.36. The molecule has 2 N–H and O–H groups in total. The molecule has 0 aromatic carbocycles. The molecule has 0 aliphatic heterocycles. The van der Waals surface area contributed by atoms with Crippen molar-refractivity contribution in [2.45, 2.75) is 70.4 Å². The van der Waals surface area contributed by atoms with E-state index in [9.17, 15) is 0 Å². The van der Waals surface area contributed by atoms with Crippen LogP contribution in [-0.4, -0.2) is 30.6 Å². The lowest BCUT2D eigenvalue weighted by Crippen LogP contribution is -2.58. The van der Waals surface area contributed by atoms with Crippen LogP contribution in [0, 0.1) is 5.92 Å². The maximum atomic E-state index is 6.57. The summed E-state index contributed by atoms with van der Waals surface area (Å²) in [6, 6.07) is 0.325. The van der Waals surface area contributed by atoms with E-state index < -0.39 is 0 Å². The van der Waals surface area contributed by atoms with Crippen LogP contribution in [0.5, 0.6) is 0 Å². The van der Waals surface area contributed by atoms with Gasteiger partial charge in [-0.15, -0.1) is 0 Å². The van der Waals surface area contributed by atoms with E-state index in [1.54, 1.807) is 0 Å². The molecule has 96 valence electrons. The normalized spacial score (nSPS) is 25.1. The zero-order valence-electron chi connectivity index (χ0n) is 11.6. The molecule has 1 aliphatic carbocycles. The molecule has 16 heavy (non-hydrogen) atoms. The third-order valence-electron chi connectivity index (χ3n) is 4.86. The Morgan fingerprint density at radius 2 is 1.69 bits per heavy atom. The Morgan fingerprint density at radius 1 is 1.19 bits per heavy atom. The van der Waals surface area contributed by atoms with E-state index in [1.807, 2.05) is 0 Å². The van der Waals surface area contributed by atoms with Crippen molar-refractivity contribution in [2.24, 2.45) is 11.7 Å². The van der Waals surface area contributed by atoms with Gasteiger partial charge < -0.3 is 10.6 Å². The zero-order chi connectivity index (χ0) is 12.2. The largest absolute Gasteiger partial charge is 0.326 e. The van der Waals surface area contributed by atoms with Gasteiger partial charge in [0.15, 0.2) is 0 Å². The lowest BCUT2D eigenvalue weighted by atomic mass is 9.77. The summed E-state index contributed by atoms with van der Waals surface area (Å²) >= 11 is 0. The number of hydrogen-bond acceptors (Lipinski definition) is 2. The summed E-state index contributed by atoms with van der Waals surface area (Å²) in [6.45, 7) is 4.58. The van der Waals surface area contributed by atoms with E-state index in [1.165, 1.54) is 38.5 Å². The average molecular weight is 226 g/mol. The molecule has 0 amide bonds. The van der Waals surface area contributed by atoms with E-state index in [2.05, 4.69) is 32.8 Å². The maximum Gasteiger partial charge on any atom is 0.0326 e. The van der Waals surface area contributed by atoms with Crippen LogP contribution in [-0.2, 0) is 0 Å². The fourth-order valence-corrected chi connectivity index (χ4v) is 3.03. The van der Waals surface area contributed by atoms with Crippen LogP contribution in [0.2, 0.25) is 0 Å². The molecule has 1 rings (SSSR count). The van der Waals surface area contributed by atoms with Gasteiger partial charge in [0.2, 0.25) is 0 Å². The predicted molar refractivity (Wildman–Crippen MR) is 71.6 cm³/mol. The van der Waals surface area contributed by atoms with Crippen LogP contribution >= 0.6 is 0 Å². The Balaban J connectivity index is 2.69. The number of nitrogens with zero attached hydrogens (tertiary/aromatic N) is 1. The monoisotopic (exact) mass is 226 g/mol. The minimum absolute atomic E-state index is 0.162. The topological polar surface area (TPSA) is 29.3 Å². The lowest BCUT2D eigenvalue weighted by molar-refractivity contribution is 0.0964. The summed E-state index contributed by atoms with van der Waals surface area (Å²) in [4.78, 5) is 2.32. The molecule has 0 spiro atoms. The molecule has 1 fully saturated rings. The van der Waals surface area contributed by atoms with Gasteiger partial charge in [-0.1, -0.05) is 32.6 Å². The average Bonchev–Trinajstić information content (AvgIpc) is 2.55. The summed E-state index contributed by atoms with van der Waals surface area (Å²) in [5, 5.41) is 0. The molecule has 1 saturated carbocycles. The summed E-state index contributed by atoms with van der Waals surface area (Å²) in [6.07, 6.45) is 9.39. The highest BCUT2D eigenvalue weighted by atomic mass is 15.2. The van der Waals surface area contributed by atoms with Crippen LogP contribution in [0.25, 0.3) is 0 Å². The van der Waals surface area contributed by atoms with Crippen molar-refractivity contribution >= 4 is 0 Å². The number of rotatable bonds is 4. The third kappa shape index (κ3) is 2.98. The molecule has 2 atom stereocenters. The van der Waals surface area contributed by atoms with Gasteiger partial charge in [0.1, 0.15) is 0 Å². The van der Waals surface area contributed by atoms with Crippen molar-refractivity contribution in [3.63, 3.8) is 0 Å². The van der Waals surface area contributed by atoms with E-state index in [-0.39, 0.29) is 5.54 Å². The van der Waals surface area contributed by atoms with Crippen molar-refractivity contribution in [3.8, 4) is 0 Å². The molecule has 0 aromatic rings. The van der Waals surface area contributed by atoms with Crippen LogP contribution in [0.15, 0.2) is 0 Å². The van der Waals surface area contributed by atoms with Gasteiger partial charge in [-0.25, -0.2) is 0 Å². The Kier molecular flexibility index (Phi) is 5.26. The molecule has 0 bridgehead atoms. The summed E-state index contributed by atoms with van der Waals surface area (Å²) < 4.78 is 0. The molecule has 0 heterocycles. The summed E-state index contributed by atoms with van der Waals surface area (Å²) in [5.41, 5.74) is 6.73. The van der Waals surface area contributed by atoms with E-state index in [0.717, 1.165) is 12.3 Å². The van der Waals surface area contributed by atoms with Crippen molar-refractivity contribution in [2.75, 3.05) is 14.1 Å². The van der Waals surface area contributed by atoms with Crippen LogP contribution in [0.1, 0.15) is 58.8 Å². The van der Waals surface area contributed by atoms with Crippen molar-refractivity contribution in [3.05, 3.63) is 0 Å². The van der Waals surface area contributed by atoms with Crippen LogP contribution in [0.4, 0.5) is 0 Å². The standard InChI is InChI=1S/C14H30N2/c1-5-14(2,16(3)4)13(15)12-10-8-6-7-9-11-12/h12-13H,5-11,15H2,1-4H3. The molecular formula is C14H30N2.